The summed E-state index contributed by atoms with van der Waals surface area (Å²) in [7, 11) is 0. The number of carbonyl (C=O) groups excluding carboxylic acids is 1. The first-order valence-corrected chi connectivity index (χ1v) is 10.1. The van der Waals surface area contributed by atoms with E-state index in [1.54, 1.807) is 12.1 Å². The molecule has 1 rings (SSSR count). The quantitative estimate of drug-likeness (QED) is 0.212. The molecule has 0 aliphatic carbocycles. The summed E-state index contributed by atoms with van der Waals surface area (Å²) in [5, 5.41) is 47.0. The summed E-state index contributed by atoms with van der Waals surface area (Å²) in [6.07, 6.45) is 0.277. The molecule has 8 heteroatoms. The third-order valence-electron chi connectivity index (χ3n) is 4.57. The lowest BCUT2D eigenvalue weighted by Gasteiger charge is -2.25. The third kappa shape index (κ3) is 9.56. The van der Waals surface area contributed by atoms with Crippen molar-refractivity contribution in [2.75, 3.05) is 19.8 Å². The highest BCUT2D eigenvalue weighted by atomic mass is 16.5. The normalized spacial score (nSPS) is 15.4. The van der Waals surface area contributed by atoms with Gasteiger partial charge < -0.3 is 35.0 Å². The van der Waals surface area contributed by atoms with Crippen LogP contribution in [0.15, 0.2) is 24.3 Å². The minimum atomic E-state index is -1.78. The Bertz CT molecular complexity index is 562. The van der Waals surface area contributed by atoms with Crippen LogP contribution in [0.2, 0.25) is 0 Å². The highest BCUT2D eigenvalue weighted by Gasteiger charge is 2.30. The average molecular weight is 414 g/mol. The molecule has 0 spiro atoms. The highest BCUT2D eigenvalue weighted by molar-refractivity contribution is 5.89. The van der Waals surface area contributed by atoms with Gasteiger partial charge in [0.1, 0.15) is 36.8 Å². The molecular weight excluding hydrogens is 380 g/mol. The Morgan fingerprint density at radius 3 is 2.10 bits per heavy atom. The number of benzene rings is 1. The first-order chi connectivity index (χ1) is 13.9. The van der Waals surface area contributed by atoms with Crippen LogP contribution in [0.3, 0.4) is 0 Å². The van der Waals surface area contributed by atoms with E-state index in [4.69, 9.17) is 14.6 Å². The Hall–Kier alpha value is -1.71. The van der Waals surface area contributed by atoms with Gasteiger partial charge >= 0.3 is 5.97 Å². The predicted octanol–water partition coefficient (Wildman–Crippen LogP) is 1.02. The zero-order valence-electron chi connectivity index (χ0n) is 16.9. The lowest BCUT2D eigenvalue weighted by atomic mass is 10.0. The van der Waals surface area contributed by atoms with Crippen molar-refractivity contribution < 1.29 is 39.8 Å². The number of esters is 1. The van der Waals surface area contributed by atoms with E-state index in [-0.39, 0.29) is 5.56 Å². The van der Waals surface area contributed by atoms with Gasteiger partial charge in [-0.3, -0.25) is 0 Å². The molecule has 0 saturated heterocycles. The number of carbonyl (C=O) groups is 1. The molecule has 1 aromatic rings. The van der Waals surface area contributed by atoms with Gasteiger partial charge in [0.25, 0.3) is 0 Å². The van der Waals surface area contributed by atoms with Gasteiger partial charge in [-0.15, -0.1) is 0 Å². The molecule has 8 nitrogen and oxygen atoms in total. The number of hydrogen-bond acceptors (Lipinski definition) is 8. The predicted molar refractivity (Wildman–Crippen MR) is 107 cm³/mol. The average Bonchev–Trinajstić information content (AvgIpc) is 2.75. The Balaban J connectivity index is 2.34. The van der Waals surface area contributed by atoms with Gasteiger partial charge in [-0.05, 0) is 30.7 Å². The van der Waals surface area contributed by atoms with E-state index >= 15 is 0 Å². The van der Waals surface area contributed by atoms with Gasteiger partial charge in [0.2, 0.25) is 0 Å². The topological polar surface area (TPSA) is 137 Å². The zero-order valence-corrected chi connectivity index (χ0v) is 16.9. The largest absolute Gasteiger partial charge is 0.494 e. The van der Waals surface area contributed by atoms with Crippen LogP contribution in [0.1, 0.15) is 55.8 Å². The second-order valence-corrected chi connectivity index (χ2v) is 7.04. The van der Waals surface area contributed by atoms with Crippen LogP contribution in [0.25, 0.3) is 0 Å². The Labute approximate surface area is 171 Å². The van der Waals surface area contributed by atoms with E-state index in [2.05, 4.69) is 6.92 Å². The third-order valence-corrected chi connectivity index (χ3v) is 4.57. The van der Waals surface area contributed by atoms with Crippen LogP contribution in [-0.2, 0) is 4.74 Å². The fourth-order valence-electron chi connectivity index (χ4n) is 2.67. The molecule has 166 valence electrons. The van der Waals surface area contributed by atoms with Crippen molar-refractivity contribution in [2.24, 2.45) is 0 Å². The number of ether oxygens (including phenoxy) is 2. The summed E-state index contributed by atoms with van der Waals surface area (Å²) in [5.74, 6) is -0.0670. The highest BCUT2D eigenvalue weighted by Crippen LogP contribution is 2.15. The number of aliphatic hydroxyl groups excluding tert-OH is 5. The zero-order chi connectivity index (χ0) is 21.6. The fourth-order valence-corrected chi connectivity index (χ4v) is 2.67. The molecule has 0 saturated carbocycles. The van der Waals surface area contributed by atoms with Crippen molar-refractivity contribution in [1.29, 1.82) is 0 Å². The SMILES string of the molecule is CCCCCCCCOc1ccc(C(=O)OC[C@@H](O)[C@@H](O)[C@H](O)[C@@H](O)CO)cc1. The van der Waals surface area contributed by atoms with Crippen LogP contribution >= 0.6 is 0 Å². The summed E-state index contributed by atoms with van der Waals surface area (Å²) >= 11 is 0. The van der Waals surface area contributed by atoms with Crippen molar-refractivity contribution >= 4 is 5.97 Å². The molecular formula is C21H34O8. The summed E-state index contributed by atoms with van der Waals surface area (Å²) < 4.78 is 10.6. The standard InChI is InChI=1S/C21H34O8/c1-2-3-4-5-6-7-12-28-16-10-8-15(9-11-16)21(27)29-14-18(24)20(26)19(25)17(23)13-22/h8-11,17-20,22-26H,2-7,12-14H2,1H3/t17-,18+,19+,20+/m0/s1. The van der Waals surface area contributed by atoms with Crippen LogP contribution < -0.4 is 4.74 Å². The van der Waals surface area contributed by atoms with E-state index in [0.29, 0.717) is 12.4 Å². The maximum Gasteiger partial charge on any atom is 0.338 e. The molecule has 0 radical (unpaired) electrons. The van der Waals surface area contributed by atoms with Gasteiger partial charge in [-0.1, -0.05) is 39.0 Å². The van der Waals surface area contributed by atoms with Crippen LogP contribution in [0.5, 0.6) is 5.75 Å². The molecule has 0 aliphatic rings. The van der Waals surface area contributed by atoms with E-state index in [9.17, 15) is 25.2 Å². The van der Waals surface area contributed by atoms with E-state index in [0.717, 1.165) is 12.8 Å². The van der Waals surface area contributed by atoms with Gasteiger partial charge in [0, 0.05) is 0 Å². The van der Waals surface area contributed by atoms with Crippen molar-refractivity contribution in [3.63, 3.8) is 0 Å². The smallest absolute Gasteiger partial charge is 0.338 e. The minimum Gasteiger partial charge on any atom is -0.494 e. The molecule has 4 atom stereocenters. The number of aliphatic hydroxyl groups is 5. The van der Waals surface area contributed by atoms with E-state index < -0.39 is 43.6 Å². The molecule has 0 fully saturated rings. The number of unbranched alkanes of at least 4 members (excludes halogenated alkanes) is 5. The fraction of sp³-hybridized carbons (Fsp3) is 0.667. The molecule has 0 aromatic heterocycles. The molecule has 0 bridgehead atoms. The maximum absolute atomic E-state index is 12.0. The first kappa shape index (κ1) is 25.3. The first-order valence-electron chi connectivity index (χ1n) is 10.1. The monoisotopic (exact) mass is 414 g/mol. The molecule has 0 unspecified atom stereocenters. The van der Waals surface area contributed by atoms with Crippen molar-refractivity contribution in [1.82, 2.24) is 0 Å². The lowest BCUT2D eigenvalue weighted by molar-refractivity contribution is -0.124. The van der Waals surface area contributed by atoms with Crippen LogP contribution in [0, 0.1) is 0 Å². The van der Waals surface area contributed by atoms with Crippen LogP contribution in [0.4, 0.5) is 0 Å². The van der Waals surface area contributed by atoms with Crippen molar-refractivity contribution in [3.8, 4) is 5.75 Å². The van der Waals surface area contributed by atoms with Crippen molar-refractivity contribution in [3.05, 3.63) is 29.8 Å². The summed E-state index contributed by atoms with van der Waals surface area (Å²) in [5.41, 5.74) is 0.245. The Kier molecular flexibility index (Phi) is 12.5. The molecule has 0 amide bonds. The number of hydrogen-bond donors (Lipinski definition) is 5. The molecule has 0 heterocycles. The van der Waals surface area contributed by atoms with E-state index in [1.165, 1.54) is 37.8 Å². The summed E-state index contributed by atoms with van der Waals surface area (Å²) in [6.45, 7) is 1.44. The Morgan fingerprint density at radius 1 is 0.897 bits per heavy atom. The second-order valence-electron chi connectivity index (χ2n) is 7.04. The van der Waals surface area contributed by atoms with Crippen LogP contribution in [-0.4, -0.2) is 75.7 Å². The Morgan fingerprint density at radius 2 is 1.48 bits per heavy atom. The van der Waals surface area contributed by atoms with Crippen molar-refractivity contribution in [2.45, 2.75) is 69.9 Å². The summed E-state index contributed by atoms with van der Waals surface area (Å²) in [4.78, 5) is 12.0. The van der Waals surface area contributed by atoms with Gasteiger partial charge in [0.15, 0.2) is 0 Å². The molecule has 1 aromatic carbocycles. The maximum atomic E-state index is 12.0. The van der Waals surface area contributed by atoms with E-state index in [1.807, 2.05) is 0 Å². The molecule has 0 aliphatic heterocycles. The second kappa shape index (κ2) is 14.3. The molecule has 29 heavy (non-hydrogen) atoms. The minimum absolute atomic E-state index is 0.245. The van der Waals surface area contributed by atoms with Gasteiger partial charge in [-0.2, -0.15) is 0 Å². The summed E-state index contributed by atoms with van der Waals surface area (Å²) in [6, 6.07) is 6.37. The molecule has 5 N–H and O–H groups in total. The van der Waals surface area contributed by atoms with Gasteiger partial charge in [0.05, 0.1) is 18.8 Å². The number of rotatable bonds is 15. The lowest BCUT2D eigenvalue weighted by Crippen LogP contribution is -2.47. The van der Waals surface area contributed by atoms with Gasteiger partial charge in [-0.25, -0.2) is 4.79 Å².